The van der Waals surface area contributed by atoms with Crippen LogP contribution in [-0.2, 0) is 11.6 Å². The number of benzene rings is 1. The zero-order valence-electron chi connectivity index (χ0n) is 9.86. The number of alkyl halides is 3. The Morgan fingerprint density at radius 2 is 1.25 bits per heavy atom. The summed E-state index contributed by atoms with van der Waals surface area (Å²) in [5, 5.41) is 0. The molecular weight excluding hydrogens is 213 g/mol. The summed E-state index contributed by atoms with van der Waals surface area (Å²) in [5.74, 6) is 0. The maximum absolute atomic E-state index is 12.4. The quantitative estimate of drug-likeness (QED) is 0.700. The molecule has 0 saturated carbocycles. The molecule has 0 aromatic heterocycles. The Kier molecular flexibility index (Phi) is 3.66. The van der Waals surface area contributed by atoms with E-state index in [-0.39, 0.29) is 5.41 Å². The van der Waals surface area contributed by atoms with Crippen molar-refractivity contribution in [2.75, 3.05) is 0 Å². The largest absolute Gasteiger partial charge is 0.416 e. The van der Waals surface area contributed by atoms with Crippen molar-refractivity contribution in [3.05, 3.63) is 35.4 Å². The molecule has 0 aliphatic heterocycles. The first-order valence-corrected chi connectivity index (χ1v) is 5.51. The first kappa shape index (κ1) is 13.1. The van der Waals surface area contributed by atoms with Crippen LogP contribution in [0.4, 0.5) is 13.2 Å². The first-order valence-electron chi connectivity index (χ1n) is 5.51. The van der Waals surface area contributed by atoms with E-state index in [4.69, 9.17) is 0 Å². The Labute approximate surface area is 94.5 Å². The van der Waals surface area contributed by atoms with Crippen LogP contribution in [0.2, 0.25) is 0 Å². The molecule has 90 valence electrons. The van der Waals surface area contributed by atoms with E-state index in [0.717, 1.165) is 18.4 Å². The van der Waals surface area contributed by atoms with Crippen LogP contribution in [0.25, 0.3) is 0 Å². The van der Waals surface area contributed by atoms with Crippen LogP contribution in [0.15, 0.2) is 24.3 Å². The molecule has 0 bridgehead atoms. The molecule has 0 fully saturated rings. The highest BCUT2D eigenvalue weighted by Crippen LogP contribution is 2.34. The van der Waals surface area contributed by atoms with Crippen LogP contribution in [0, 0.1) is 0 Å². The fourth-order valence-corrected chi connectivity index (χ4v) is 1.72. The van der Waals surface area contributed by atoms with Gasteiger partial charge >= 0.3 is 6.18 Å². The predicted molar refractivity (Wildman–Crippen MR) is 59.4 cm³/mol. The minimum atomic E-state index is -4.24. The Hall–Kier alpha value is -0.990. The van der Waals surface area contributed by atoms with Crippen molar-refractivity contribution in [2.24, 2.45) is 0 Å². The fourth-order valence-electron chi connectivity index (χ4n) is 1.72. The molecule has 0 atom stereocenters. The molecule has 16 heavy (non-hydrogen) atoms. The van der Waals surface area contributed by atoms with Gasteiger partial charge in [-0.15, -0.1) is 0 Å². The molecule has 0 unspecified atom stereocenters. The van der Waals surface area contributed by atoms with Crippen LogP contribution in [0.1, 0.15) is 44.7 Å². The molecule has 3 heteroatoms. The van der Waals surface area contributed by atoms with E-state index in [1.54, 1.807) is 12.1 Å². The molecule has 0 N–H and O–H groups in total. The van der Waals surface area contributed by atoms with Gasteiger partial charge in [0.1, 0.15) is 0 Å². The van der Waals surface area contributed by atoms with Crippen LogP contribution >= 0.6 is 0 Å². The molecule has 1 rings (SSSR count). The van der Waals surface area contributed by atoms with Gasteiger partial charge in [0.15, 0.2) is 0 Å². The van der Waals surface area contributed by atoms with Crippen molar-refractivity contribution in [2.45, 2.75) is 45.2 Å². The second-order valence-corrected chi connectivity index (χ2v) is 4.34. The normalized spacial score (nSPS) is 12.9. The summed E-state index contributed by atoms with van der Waals surface area (Å²) in [6, 6.07) is 5.52. The van der Waals surface area contributed by atoms with Crippen LogP contribution in [0.5, 0.6) is 0 Å². The zero-order valence-corrected chi connectivity index (χ0v) is 9.86. The third-order valence-corrected chi connectivity index (χ3v) is 3.47. The first-order chi connectivity index (χ1) is 7.33. The Morgan fingerprint density at radius 1 is 0.875 bits per heavy atom. The van der Waals surface area contributed by atoms with Crippen LogP contribution in [0.3, 0.4) is 0 Å². The van der Waals surface area contributed by atoms with Gasteiger partial charge in [0.2, 0.25) is 0 Å². The van der Waals surface area contributed by atoms with Gasteiger partial charge in [-0.3, -0.25) is 0 Å². The van der Waals surface area contributed by atoms with E-state index in [1.165, 1.54) is 12.1 Å². The zero-order chi connectivity index (χ0) is 12.4. The van der Waals surface area contributed by atoms with Crippen molar-refractivity contribution < 1.29 is 13.2 Å². The molecule has 0 nitrogen and oxygen atoms in total. The summed E-state index contributed by atoms with van der Waals surface area (Å²) in [4.78, 5) is 0. The van der Waals surface area contributed by atoms with Gasteiger partial charge < -0.3 is 0 Å². The number of halogens is 3. The lowest BCUT2D eigenvalue weighted by Gasteiger charge is -2.27. The van der Waals surface area contributed by atoms with Gasteiger partial charge in [-0.05, 0) is 36.0 Å². The van der Waals surface area contributed by atoms with Crippen LogP contribution < -0.4 is 0 Å². The molecule has 0 aliphatic carbocycles. The maximum Gasteiger partial charge on any atom is 0.416 e. The number of hydrogen-bond acceptors (Lipinski definition) is 0. The van der Waals surface area contributed by atoms with Crippen molar-refractivity contribution in [3.8, 4) is 0 Å². The third kappa shape index (κ3) is 2.57. The number of hydrogen-bond donors (Lipinski definition) is 0. The fraction of sp³-hybridized carbons (Fsp3) is 0.538. The predicted octanol–water partition coefficient (Wildman–Crippen LogP) is 4.78. The Balaban J connectivity index is 3.04. The Morgan fingerprint density at radius 3 is 1.56 bits per heavy atom. The standard InChI is InChI=1S/C13H17F3/c1-4-12(3,5-2)10-6-8-11(9-7-10)13(14,15)16/h6-9H,4-5H2,1-3H3. The van der Waals surface area contributed by atoms with Gasteiger partial charge in [0.05, 0.1) is 5.56 Å². The van der Waals surface area contributed by atoms with Gasteiger partial charge in [-0.25, -0.2) is 0 Å². The molecule has 0 saturated heterocycles. The summed E-state index contributed by atoms with van der Waals surface area (Å²) in [7, 11) is 0. The summed E-state index contributed by atoms with van der Waals surface area (Å²) < 4.78 is 37.1. The third-order valence-electron chi connectivity index (χ3n) is 3.47. The SMILES string of the molecule is CCC(C)(CC)c1ccc(C(F)(F)F)cc1. The van der Waals surface area contributed by atoms with Crippen molar-refractivity contribution in [3.63, 3.8) is 0 Å². The van der Waals surface area contributed by atoms with Crippen molar-refractivity contribution in [1.29, 1.82) is 0 Å². The molecule has 1 aromatic rings. The van der Waals surface area contributed by atoms with Gasteiger partial charge in [0, 0.05) is 0 Å². The minimum absolute atomic E-state index is 0.0237. The second kappa shape index (κ2) is 4.48. The lowest BCUT2D eigenvalue weighted by atomic mass is 9.78. The minimum Gasteiger partial charge on any atom is -0.166 e. The average Bonchev–Trinajstić information content (AvgIpc) is 2.27. The highest BCUT2D eigenvalue weighted by Gasteiger charge is 2.31. The summed E-state index contributed by atoms with van der Waals surface area (Å²) >= 11 is 0. The van der Waals surface area contributed by atoms with Gasteiger partial charge in [0.25, 0.3) is 0 Å². The molecule has 0 heterocycles. The van der Waals surface area contributed by atoms with Crippen molar-refractivity contribution in [1.82, 2.24) is 0 Å². The molecule has 0 aliphatic rings. The second-order valence-electron chi connectivity index (χ2n) is 4.34. The van der Waals surface area contributed by atoms with E-state index < -0.39 is 11.7 Å². The monoisotopic (exact) mass is 230 g/mol. The lowest BCUT2D eigenvalue weighted by Crippen LogP contribution is -2.19. The van der Waals surface area contributed by atoms with Crippen molar-refractivity contribution >= 4 is 0 Å². The van der Waals surface area contributed by atoms with E-state index in [1.807, 2.05) is 0 Å². The van der Waals surface area contributed by atoms with E-state index in [2.05, 4.69) is 20.8 Å². The smallest absolute Gasteiger partial charge is 0.166 e. The molecule has 0 spiro atoms. The molecular formula is C13H17F3. The maximum atomic E-state index is 12.4. The van der Waals surface area contributed by atoms with Crippen LogP contribution in [-0.4, -0.2) is 0 Å². The summed E-state index contributed by atoms with van der Waals surface area (Å²) in [6.45, 7) is 6.19. The highest BCUT2D eigenvalue weighted by atomic mass is 19.4. The Bertz CT molecular complexity index is 331. The van der Waals surface area contributed by atoms with E-state index in [9.17, 15) is 13.2 Å². The summed E-state index contributed by atoms with van der Waals surface area (Å²) in [5.41, 5.74) is 0.376. The van der Waals surface area contributed by atoms with E-state index in [0.29, 0.717) is 0 Å². The molecule has 0 amide bonds. The summed E-state index contributed by atoms with van der Waals surface area (Å²) in [6.07, 6.45) is -2.39. The molecule has 0 radical (unpaired) electrons. The lowest BCUT2D eigenvalue weighted by molar-refractivity contribution is -0.137. The van der Waals surface area contributed by atoms with Gasteiger partial charge in [-0.2, -0.15) is 13.2 Å². The number of rotatable bonds is 3. The highest BCUT2D eigenvalue weighted by molar-refractivity contribution is 5.29. The van der Waals surface area contributed by atoms with E-state index >= 15 is 0 Å². The topological polar surface area (TPSA) is 0 Å². The average molecular weight is 230 g/mol. The molecule has 1 aromatic carbocycles. The van der Waals surface area contributed by atoms with Gasteiger partial charge in [-0.1, -0.05) is 32.9 Å².